The SMILES string of the molecule is COc1cccc(C2(O)CCCN(Cc3ccc(F)cc3)C2)c1. The van der Waals surface area contributed by atoms with Gasteiger partial charge in [0.05, 0.1) is 7.11 Å². The normalized spacial score (nSPS) is 22.0. The van der Waals surface area contributed by atoms with Crippen LogP contribution in [-0.2, 0) is 12.1 Å². The zero-order chi connectivity index (χ0) is 16.3. The second kappa shape index (κ2) is 6.69. The number of piperidine rings is 1. The van der Waals surface area contributed by atoms with Crippen molar-refractivity contribution in [1.29, 1.82) is 0 Å². The minimum atomic E-state index is -0.868. The first-order chi connectivity index (χ1) is 11.1. The predicted octanol–water partition coefficient (Wildman–Crippen LogP) is 3.32. The Kier molecular flexibility index (Phi) is 4.64. The van der Waals surface area contributed by atoms with Crippen LogP contribution in [0.25, 0.3) is 0 Å². The number of hydrogen-bond donors (Lipinski definition) is 1. The van der Waals surface area contributed by atoms with Crippen LogP contribution >= 0.6 is 0 Å². The van der Waals surface area contributed by atoms with E-state index in [0.717, 1.165) is 36.3 Å². The average molecular weight is 315 g/mol. The van der Waals surface area contributed by atoms with Gasteiger partial charge < -0.3 is 9.84 Å². The van der Waals surface area contributed by atoms with Crippen LogP contribution in [0.15, 0.2) is 48.5 Å². The van der Waals surface area contributed by atoms with Crippen molar-refractivity contribution in [3.8, 4) is 5.75 Å². The highest BCUT2D eigenvalue weighted by atomic mass is 19.1. The molecule has 1 N–H and O–H groups in total. The number of likely N-dealkylation sites (tertiary alicyclic amines) is 1. The molecule has 3 rings (SSSR count). The van der Waals surface area contributed by atoms with E-state index >= 15 is 0 Å². The third-order valence-electron chi connectivity index (χ3n) is 4.48. The van der Waals surface area contributed by atoms with Crippen LogP contribution in [0.3, 0.4) is 0 Å². The largest absolute Gasteiger partial charge is 0.497 e. The molecule has 1 atom stereocenters. The Morgan fingerprint density at radius 2 is 2.00 bits per heavy atom. The fourth-order valence-electron chi connectivity index (χ4n) is 3.25. The molecule has 0 spiro atoms. The van der Waals surface area contributed by atoms with Gasteiger partial charge in [0.1, 0.15) is 17.2 Å². The fraction of sp³-hybridized carbons (Fsp3) is 0.368. The summed E-state index contributed by atoms with van der Waals surface area (Å²) in [6.07, 6.45) is 1.66. The van der Waals surface area contributed by atoms with Crippen LogP contribution in [-0.4, -0.2) is 30.2 Å². The van der Waals surface area contributed by atoms with E-state index in [1.54, 1.807) is 19.2 Å². The maximum atomic E-state index is 13.0. The van der Waals surface area contributed by atoms with Gasteiger partial charge in [0.25, 0.3) is 0 Å². The summed E-state index contributed by atoms with van der Waals surface area (Å²) >= 11 is 0. The van der Waals surface area contributed by atoms with Crippen molar-refractivity contribution in [2.24, 2.45) is 0 Å². The molecule has 0 saturated carbocycles. The van der Waals surface area contributed by atoms with E-state index < -0.39 is 5.60 Å². The first-order valence-corrected chi connectivity index (χ1v) is 7.93. The van der Waals surface area contributed by atoms with E-state index in [0.29, 0.717) is 13.1 Å². The molecule has 122 valence electrons. The third kappa shape index (κ3) is 3.71. The second-order valence-corrected chi connectivity index (χ2v) is 6.20. The predicted molar refractivity (Wildman–Crippen MR) is 87.8 cm³/mol. The molecular weight excluding hydrogens is 293 g/mol. The van der Waals surface area contributed by atoms with Crippen molar-refractivity contribution in [3.63, 3.8) is 0 Å². The lowest BCUT2D eigenvalue weighted by atomic mass is 9.85. The molecule has 3 nitrogen and oxygen atoms in total. The van der Waals surface area contributed by atoms with Gasteiger partial charge in [-0.25, -0.2) is 4.39 Å². The summed E-state index contributed by atoms with van der Waals surface area (Å²) in [4.78, 5) is 2.22. The summed E-state index contributed by atoms with van der Waals surface area (Å²) in [6.45, 7) is 2.22. The lowest BCUT2D eigenvalue weighted by Crippen LogP contribution is -2.45. The topological polar surface area (TPSA) is 32.7 Å². The Morgan fingerprint density at radius 1 is 1.22 bits per heavy atom. The first kappa shape index (κ1) is 16.0. The van der Waals surface area contributed by atoms with E-state index in [4.69, 9.17) is 4.74 Å². The number of β-amino-alcohol motifs (C(OH)–C–C–N with tert-alkyl or cyclic N) is 1. The van der Waals surface area contributed by atoms with E-state index in [1.807, 2.05) is 24.3 Å². The highest BCUT2D eigenvalue weighted by Crippen LogP contribution is 2.33. The Morgan fingerprint density at radius 3 is 2.74 bits per heavy atom. The molecule has 0 aliphatic carbocycles. The van der Waals surface area contributed by atoms with E-state index in [1.165, 1.54) is 12.1 Å². The molecule has 0 bridgehead atoms. The molecule has 23 heavy (non-hydrogen) atoms. The molecule has 0 aromatic heterocycles. The summed E-state index contributed by atoms with van der Waals surface area (Å²) in [7, 11) is 1.63. The summed E-state index contributed by atoms with van der Waals surface area (Å²) in [6, 6.07) is 14.2. The lowest BCUT2D eigenvalue weighted by molar-refractivity contribution is -0.0382. The maximum Gasteiger partial charge on any atom is 0.123 e. The molecule has 0 amide bonds. The number of methoxy groups -OCH3 is 1. The van der Waals surface area contributed by atoms with Gasteiger partial charge in [-0.05, 0) is 54.8 Å². The fourth-order valence-corrected chi connectivity index (χ4v) is 3.25. The van der Waals surface area contributed by atoms with Crippen LogP contribution in [0.4, 0.5) is 4.39 Å². The van der Waals surface area contributed by atoms with Gasteiger partial charge in [-0.1, -0.05) is 24.3 Å². The summed E-state index contributed by atoms with van der Waals surface area (Å²) < 4.78 is 18.3. The van der Waals surface area contributed by atoms with Gasteiger partial charge >= 0.3 is 0 Å². The van der Waals surface area contributed by atoms with Crippen molar-refractivity contribution in [3.05, 3.63) is 65.5 Å². The van der Waals surface area contributed by atoms with Gasteiger partial charge in [-0.15, -0.1) is 0 Å². The quantitative estimate of drug-likeness (QED) is 0.939. The first-order valence-electron chi connectivity index (χ1n) is 7.93. The van der Waals surface area contributed by atoms with Gasteiger partial charge in [-0.3, -0.25) is 4.90 Å². The molecule has 1 fully saturated rings. The zero-order valence-corrected chi connectivity index (χ0v) is 13.3. The van der Waals surface area contributed by atoms with Gasteiger partial charge in [0.15, 0.2) is 0 Å². The molecule has 1 heterocycles. The number of halogens is 1. The zero-order valence-electron chi connectivity index (χ0n) is 13.3. The van der Waals surface area contributed by atoms with Crippen LogP contribution in [0.5, 0.6) is 5.75 Å². The second-order valence-electron chi connectivity index (χ2n) is 6.20. The van der Waals surface area contributed by atoms with Gasteiger partial charge in [0, 0.05) is 13.1 Å². The van der Waals surface area contributed by atoms with E-state index in [9.17, 15) is 9.50 Å². The van der Waals surface area contributed by atoms with Crippen molar-refractivity contribution < 1.29 is 14.2 Å². The molecule has 2 aromatic carbocycles. The summed E-state index contributed by atoms with van der Waals surface area (Å²) in [5.74, 6) is 0.534. The summed E-state index contributed by atoms with van der Waals surface area (Å²) in [5.41, 5.74) is 1.08. The van der Waals surface area contributed by atoms with E-state index in [-0.39, 0.29) is 5.82 Å². The van der Waals surface area contributed by atoms with Gasteiger partial charge in [0.2, 0.25) is 0 Å². The highest BCUT2D eigenvalue weighted by Gasteiger charge is 2.35. The van der Waals surface area contributed by atoms with Crippen molar-refractivity contribution >= 4 is 0 Å². The highest BCUT2D eigenvalue weighted by molar-refractivity contribution is 5.33. The molecule has 1 aliphatic rings. The third-order valence-corrected chi connectivity index (χ3v) is 4.48. The standard InChI is InChI=1S/C19H22FNO2/c1-23-18-5-2-4-16(12-18)19(22)10-3-11-21(14-19)13-15-6-8-17(20)9-7-15/h2,4-9,12,22H,3,10-11,13-14H2,1H3. The Bertz CT molecular complexity index is 659. The van der Waals surface area contributed by atoms with Crippen LogP contribution < -0.4 is 4.74 Å². The molecule has 1 unspecified atom stereocenters. The number of hydrogen-bond acceptors (Lipinski definition) is 3. The number of nitrogens with zero attached hydrogens (tertiary/aromatic N) is 1. The van der Waals surface area contributed by atoms with Crippen molar-refractivity contribution in [2.75, 3.05) is 20.2 Å². The molecular formula is C19H22FNO2. The maximum absolute atomic E-state index is 13.0. The average Bonchev–Trinajstić information content (AvgIpc) is 2.57. The summed E-state index contributed by atoms with van der Waals surface area (Å²) in [5, 5.41) is 11.1. The minimum absolute atomic E-state index is 0.222. The minimum Gasteiger partial charge on any atom is -0.497 e. The van der Waals surface area contributed by atoms with Gasteiger partial charge in [-0.2, -0.15) is 0 Å². The monoisotopic (exact) mass is 315 g/mol. The van der Waals surface area contributed by atoms with Crippen molar-refractivity contribution in [2.45, 2.75) is 25.0 Å². The molecule has 1 saturated heterocycles. The molecule has 0 radical (unpaired) electrons. The number of rotatable bonds is 4. The smallest absolute Gasteiger partial charge is 0.123 e. The number of ether oxygens (including phenoxy) is 1. The molecule has 4 heteroatoms. The Balaban J connectivity index is 1.75. The van der Waals surface area contributed by atoms with E-state index in [2.05, 4.69) is 4.90 Å². The molecule has 2 aromatic rings. The van der Waals surface area contributed by atoms with Crippen LogP contribution in [0.1, 0.15) is 24.0 Å². The van der Waals surface area contributed by atoms with Crippen molar-refractivity contribution in [1.82, 2.24) is 4.90 Å². The van der Waals surface area contributed by atoms with Crippen LogP contribution in [0.2, 0.25) is 0 Å². The Hall–Kier alpha value is -1.91. The number of aliphatic hydroxyl groups is 1. The number of benzene rings is 2. The Labute approximate surface area is 136 Å². The van der Waals surface area contributed by atoms with Crippen LogP contribution in [0, 0.1) is 5.82 Å². The lowest BCUT2D eigenvalue weighted by Gasteiger charge is -2.39. The molecule has 1 aliphatic heterocycles.